The smallest absolute Gasteiger partial charge is 0.222 e. The highest BCUT2D eigenvalue weighted by atomic mass is 16.5. The summed E-state index contributed by atoms with van der Waals surface area (Å²) < 4.78 is 12.4. The molecule has 0 saturated heterocycles. The van der Waals surface area contributed by atoms with Crippen LogP contribution in [0.15, 0.2) is 47.6 Å². The summed E-state index contributed by atoms with van der Waals surface area (Å²) in [7, 11) is 0. The van der Waals surface area contributed by atoms with Crippen molar-refractivity contribution in [3.8, 4) is 11.5 Å². The Morgan fingerprint density at radius 3 is 2.73 bits per heavy atom. The normalized spacial score (nSPS) is 13.4. The molecule has 1 aliphatic rings. The van der Waals surface area contributed by atoms with Crippen LogP contribution in [0.5, 0.6) is 11.5 Å². The second-order valence-corrected chi connectivity index (χ2v) is 10.4. The number of benzene rings is 2. The van der Waals surface area contributed by atoms with Crippen LogP contribution in [0.25, 0.3) is 10.9 Å². The molecule has 2 aromatic carbocycles. The van der Waals surface area contributed by atoms with E-state index >= 15 is 0 Å². The van der Waals surface area contributed by atoms with Crippen molar-refractivity contribution in [1.82, 2.24) is 9.88 Å². The molecule has 0 unspecified atom stereocenters. The fourth-order valence-corrected chi connectivity index (χ4v) is 4.57. The molecule has 0 atom stereocenters. The highest BCUT2D eigenvalue weighted by Gasteiger charge is 2.25. The lowest BCUT2D eigenvalue weighted by Gasteiger charge is -2.30. The molecule has 0 spiro atoms. The zero-order valence-electron chi connectivity index (χ0n) is 22.4. The van der Waals surface area contributed by atoms with Crippen LogP contribution in [0.1, 0.15) is 68.8 Å². The molecular formula is C30H37N3O4. The van der Waals surface area contributed by atoms with Crippen molar-refractivity contribution in [2.45, 2.75) is 78.5 Å². The van der Waals surface area contributed by atoms with Crippen LogP contribution in [-0.2, 0) is 24.4 Å². The molecule has 2 heterocycles. The largest absolute Gasteiger partial charge is 0.493 e. The first-order valence-electron chi connectivity index (χ1n) is 13.2. The van der Waals surface area contributed by atoms with Crippen LogP contribution < -0.4 is 9.47 Å². The summed E-state index contributed by atoms with van der Waals surface area (Å²) in [4.78, 5) is 30.3. The Morgan fingerprint density at radius 2 is 1.95 bits per heavy atom. The van der Waals surface area contributed by atoms with Gasteiger partial charge in [0.05, 0.1) is 23.4 Å². The van der Waals surface area contributed by atoms with E-state index in [1.165, 1.54) is 5.56 Å². The van der Waals surface area contributed by atoms with Gasteiger partial charge in [0.1, 0.15) is 18.1 Å². The summed E-state index contributed by atoms with van der Waals surface area (Å²) in [5.74, 6) is 1.75. The van der Waals surface area contributed by atoms with E-state index < -0.39 is 5.54 Å². The van der Waals surface area contributed by atoms with E-state index in [1.807, 2.05) is 42.2 Å². The number of nitrogens with zero attached hydrogens (tertiary/aromatic N) is 3. The number of hydrogen-bond acceptors (Lipinski definition) is 6. The summed E-state index contributed by atoms with van der Waals surface area (Å²) in [5, 5.41) is 4.14. The predicted octanol–water partition coefficient (Wildman–Crippen LogP) is 6.51. The number of ether oxygens (including phenoxy) is 2. The van der Waals surface area contributed by atoms with Crippen LogP contribution >= 0.6 is 0 Å². The van der Waals surface area contributed by atoms with Gasteiger partial charge in [0.25, 0.3) is 0 Å². The third-order valence-corrected chi connectivity index (χ3v) is 7.04. The minimum atomic E-state index is -0.712. The second-order valence-electron chi connectivity index (χ2n) is 10.4. The number of aromatic nitrogens is 1. The molecule has 0 N–H and O–H groups in total. The van der Waals surface area contributed by atoms with E-state index in [2.05, 4.69) is 24.2 Å². The fourth-order valence-electron chi connectivity index (χ4n) is 4.57. The number of rotatable bonds is 11. The van der Waals surface area contributed by atoms with E-state index in [1.54, 1.807) is 13.8 Å². The molecule has 3 aromatic rings. The number of pyridine rings is 1. The minimum absolute atomic E-state index is 0.0671. The Hall–Kier alpha value is -3.48. The van der Waals surface area contributed by atoms with Crippen molar-refractivity contribution < 1.29 is 14.3 Å². The van der Waals surface area contributed by atoms with Crippen molar-refractivity contribution in [2.75, 3.05) is 13.2 Å². The molecule has 0 aliphatic carbocycles. The van der Waals surface area contributed by atoms with E-state index in [9.17, 15) is 9.70 Å². The lowest BCUT2D eigenvalue weighted by Crippen LogP contribution is -2.36. The first-order chi connectivity index (χ1) is 17.8. The van der Waals surface area contributed by atoms with Gasteiger partial charge >= 0.3 is 0 Å². The monoisotopic (exact) mass is 503 g/mol. The molecule has 7 nitrogen and oxygen atoms in total. The van der Waals surface area contributed by atoms with Crippen LogP contribution in [0.2, 0.25) is 0 Å². The quantitative estimate of drug-likeness (QED) is 0.220. The number of carbonyl (C=O) groups is 1. The maximum absolute atomic E-state index is 12.7. The number of hydrogen-bond donors (Lipinski definition) is 0. The van der Waals surface area contributed by atoms with Gasteiger partial charge in [-0.15, -0.1) is 0 Å². The summed E-state index contributed by atoms with van der Waals surface area (Å²) in [6.07, 6.45) is 3.65. The summed E-state index contributed by atoms with van der Waals surface area (Å²) >= 11 is 0. The average Bonchev–Trinajstić information content (AvgIpc) is 2.91. The van der Waals surface area contributed by atoms with Gasteiger partial charge in [-0.1, -0.05) is 36.7 Å². The lowest BCUT2D eigenvalue weighted by molar-refractivity contribution is -0.132. The van der Waals surface area contributed by atoms with Gasteiger partial charge in [-0.2, -0.15) is 4.91 Å². The van der Waals surface area contributed by atoms with Gasteiger partial charge in [0, 0.05) is 30.5 Å². The van der Waals surface area contributed by atoms with Crippen LogP contribution in [-0.4, -0.2) is 34.5 Å². The molecule has 0 bridgehead atoms. The number of para-hydroxylation sites is 1. The number of fused-ring (bicyclic) bond motifs is 2. The van der Waals surface area contributed by atoms with Crippen molar-refractivity contribution in [3.05, 3.63) is 69.8 Å². The molecule has 1 amide bonds. The second kappa shape index (κ2) is 11.7. The maximum Gasteiger partial charge on any atom is 0.222 e. The molecule has 0 radical (unpaired) electrons. The van der Waals surface area contributed by atoms with E-state index in [4.69, 9.17) is 14.5 Å². The predicted molar refractivity (Wildman–Crippen MR) is 146 cm³/mol. The standard InChI is InChI=1S/C30H37N3O4/c1-5-6-17-36-29-21(2)27(31-26-10-8-7-9-25(26)29)20-37-24-12-11-23-19-33(16-14-22(23)18-24)28(34)13-15-30(3,4)32-35/h7-12,18H,5-6,13-17,19-20H2,1-4H3. The van der Waals surface area contributed by atoms with Crippen molar-refractivity contribution in [2.24, 2.45) is 5.18 Å². The number of amides is 1. The Bertz CT molecular complexity index is 1270. The van der Waals surface area contributed by atoms with Crippen LogP contribution in [0.3, 0.4) is 0 Å². The van der Waals surface area contributed by atoms with Crippen molar-refractivity contribution >= 4 is 16.8 Å². The van der Waals surface area contributed by atoms with Gasteiger partial charge in [-0.05, 0) is 75.4 Å². The van der Waals surface area contributed by atoms with Gasteiger partial charge in [0.2, 0.25) is 5.91 Å². The minimum Gasteiger partial charge on any atom is -0.493 e. The zero-order valence-corrected chi connectivity index (χ0v) is 22.4. The third-order valence-electron chi connectivity index (χ3n) is 7.04. The Kier molecular flexibility index (Phi) is 8.41. The Morgan fingerprint density at radius 1 is 1.14 bits per heavy atom. The highest BCUT2D eigenvalue weighted by molar-refractivity contribution is 5.86. The molecule has 37 heavy (non-hydrogen) atoms. The molecule has 0 fully saturated rings. The first kappa shape index (κ1) is 26.6. The van der Waals surface area contributed by atoms with Crippen LogP contribution in [0, 0.1) is 11.8 Å². The molecule has 0 saturated carbocycles. The van der Waals surface area contributed by atoms with Gasteiger partial charge in [-0.3, -0.25) is 4.79 Å². The van der Waals surface area contributed by atoms with Crippen molar-refractivity contribution in [3.63, 3.8) is 0 Å². The highest BCUT2D eigenvalue weighted by Crippen LogP contribution is 2.32. The molecule has 1 aromatic heterocycles. The maximum atomic E-state index is 12.7. The van der Waals surface area contributed by atoms with Gasteiger partial charge in [-0.25, -0.2) is 4.98 Å². The summed E-state index contributed by atoms with van der Waals surface area (Å²) in [5.41, 5.74) is 4.40. The molecule has 4 rings (SSSR count). The topological polar surface area (TPSA) is 81.1 Å². The SMILES string of the molecule is CCCCOc1c(C)c(COc2ccc3c(c2)CCN(C(=O)CCC(C)(C)N=O)C3)nc2ccccc12. The lowest BCUT2D eigenvalue weighted by atomic mass is 9.97. The van der Waals surface area contributed by atoms with E-state index in [-0.39, 0.29) is 5.91 Å². The van der Waals surface area contributed by atoms with E-state index in [0.717, 1.165) is 58.5 Å². The van der Waals surface area contributed by atoms with Gasteiger partial charge < -0.3 is 14.4 Å². The number of nitroso groups, excluding NO2 is 1. The van der Waals surface area contributed by atoms with Crippen molar-refractivity contribution in [1.29, 1.82) is 0 Å². The first-order valence-corrected chi connectivity index (χ1v) is 13.2. The number of carbonyl (C=O) groups excluding carboxylic acids is 1. The average molecular weight is 504 g/mol. The van der Waals surface area contributed by atoms with Gasteiger partial charge in [0.15, 0.2) is 0 Å². The molecule has 1 aliphatic heterocycles. The summed E-state index contributed by atoms with van der Waals surface area (Å²) in [6.45, 7) is 9.99. The Balaban J connectivity index is 1.43. The molecule has 7 heteroatoms. The fraction of sp³-hybridized carbons (Fsp3) is 0.467. The molecular weight excluding hydrogens is 466 g/mol. The zero-order chi connectivity index (χ0) is 26.4. The summed E-state index contributed by atoms with van der Waals surface area (Å²) in [6, 6.07) is 14.1. The molecule has 196 valence electrons. The van der Waals surface area contributed by atoms with E-state index in [0.29, 0.717) is 39.1 Å². The van der Waals surface area contributed by atoms with Crippen LogP contribution in [0.4, 0.5) is 0 Å². The third kappa shape index (κ3) is 6.45. The Labute approximate surface area is 219 Å². The number of unbranched alkanes of at least 4 members (excludes halogenated alkanes) is 1.